The van der Waals surface area contributed by atoms with Gasteiger partial charge in [-0.3, -0.25) is 14.8 Å². The lowest BCUT2D eigenvalue weighted by Crippen LogP contribution is -2.43. The maximum atomic E-state index is 12.6. The molecular formula is C25H25N9O. The van der Waals surface area contributed by atoms with E-state index in [1.807, 2.05) is 24.3 Å². The highest BCUT2D eigenvalue weighted by molar-refractivity contribution is 5.86. The number of carbonyl (C=O) groups is 1. The minimum absolute atomic E-state index is 0.475. The smallest absolute Gasteiger partial charge is 0.229 e. The summed E-state index contributed by atoms with van der Waals surface area (Å²) in [6.45, 7) is 3.59. The molecule has 1 saturated heterocycles. The van der Waals surface area contributed by atoms with E-state index in [4.69, 9.17) is 10.7 Å². The van der Waals surface area contributed by atoms with Gasteiger partial charge in [0.2, 0.25) is 5.91 Å². The summed E-state index contributed by atoms with van der Waals surface area (Å²) in [6, 6.07) is 11.3. The summed E-state index contributed by atoms with van der Waals surface area (Å²) in [5, 5.41) is 6.55. The van der Waals surface area contributed by atoms with Crippen LogP contribution in [0.5, 0.6) is 0 Å². The number of nitrogens with zero attached hydrogens (tertiary/aromatic N) is 6. The highest BCUT2D eigenvalue weighted by Gasteiger charge is 2.23. The number of hydrogen-bond donors (Lipinski definition) is 3. The highest BCUT2D eigenvalue weighted by Crippen LogP contribution is 2.31. The van der Waals surface area contributed by atoms with Crippen molar-refractivity contribution in [2.24, 2.45) is 5.73 Å². The molecule has 0 saturated carbocycles. The normalized spacial score (nSPS) is 14.3. The molecule has 10 nitrogen and oxygen atoms in total. The Kier molecular flexibility index (Phi) is 6.53. The minimum Gasteiger partial charge on any atom is -0.369 e. The van der Waals surface area contributed by atoms with E-state index in [-0.39, 0.29) is 0 Å². The average molecular weight is 468 g/mol. The summed E-state index contributed by atoms with van der Waals surface area (Å²) in [6.07, 6.45) is 9.90. The van der Waals surface area contributed by atoms with Crippen molar-refractivity contribution >= 4 is 23.4 Å². The van der Waals surface area contributed by atoms with E-state index in [0.29, 0.717) is 28.5 Å². The van der Waals surface area contributed by atoms with Crippen LogP contribution in [-0.4, -0.2) is 57.0 Å². The first-order chi connectivity index (χ1) is 17.2. The molecule has 1 fully saturated rings. The number of hydrogen-bond acceptors (Lipinski definition) is 9. The molecular weight excluding hydrogens is 442 g/mol. The molecule has 176 valence electrons. The van der Waals surface area contributed by atoms with E-state index in [9.17, 15) is 4.79 Å². The molecule has 0 spiro atoms. The van der Waals surface area contributed by atoms with Gasteiger partial charge in [-0.25, -0.2) is 15.0 Å². The van der Waals surface area contributed by atoms with Gasteiger partial charge >= 0.3 is 0 Å². The number of nitrogens with two attached hydrogens (primary N) is 1. The summed E-state index contributed by atoms with van der Waals surface area (Å²) in [5.74, 6) is 0.780. The minimum atomic E-state index is -0.692. The van der Waals surface area contributed by atoms with Gasteiger partial charge in [0.1, 0.15) is 17.5 Å². The molecule has 10 heteroatoms. The van der Waals surface area contributed by atoms with E-state index in [1.54, 1.807) is 49.3 Å². The SMILES string of the molecule is NC(=O)C(c1cccnc1)c1cc(Nc2cnccn2)nc(-c2ccnc(N3CCNCC3)c2)c1. The first-order valence-corrected chi connectivity index (χ1v) is 11.3. The van der Waals surface area contributed by atoms with Crippen molar-refractivity contribution in [3.8, 4) is 11.3 Å². The standard InChI is InChI=1S/C25H25N9O/c26-25(35)24(18-2-1-4-28-15-18)19-12-20(32-21(13-19)33-22-16-29-6-7-30-22)17-3-5-31-23(14-17)34-10-8-27-9-11-34/h1-7,12-16,24,27H,8-11H2,(H2,26,35)(H,30,32,33). The van der Waals surface area contributed by atoms with Gasteiger partial charge in [-0.15, -0.1) is 0 Å². The van der Waals surface area contributed by atoms with Crippen molar-refractivity contribution in [2.45, 2.75) is 5.92 Å². The predicted molar refractivity (Wildman–Crippen MR) is 133 cm³/mol. The zero-order valence-electron chi connectivity index (χ0n) is 19.0. The Labute approximate surface area is 202 Å². The van der Waals surface area contributed by atoms with E-state index < -0.39 is 11.8 Å². The van der Waals surface area contributed by atoms with Gasteiger partial charge in [0.05, 0.1) is 17.8 Å². The molecule has 0 radical (unpaired) electrons. The van der Waals surface area contributed by atoms with Crippen molar-refractivity contribution < 1.29 is 4.79 Å². The number of carbonyl (C=O) groups excluding carboxylic acids is 1. The number of primary amides is 1. The topological polar surface area (TPSA) is 135 Å². The maximum Gasteiger partial charge on any atom is 0.229 e. The second kappa shape index (κ2) is 10.2. The van der Waals surface area contributed by atoms with Crippen LogP contribution in [0.25, 0.3) is 11.3 Å². The molecule has 0 bridgehead atoms. The number of nitrogens with one attached hydrogen (secondary N) is 2. The van der Waals surface area contributed by atoms with Crippen LogP contribution in [0.4, 0.5) is 17.5 Å². The molecule has 1 aliphatic rings. The second-order valence-corrected chi connectivity index (χ2v) is 8.15. The van der Waals surface area contributed by atoms with Crippen LogP contribution >= 0.6 is 0 Å². The third kappa shape index (κ3) is 5.22. The van der Waals surface area contributed by atoms with Gasteiger partial charge in [0.15, 0.2) is 0 Å². The molecule has 4 N–H and O–H groups in total. The average Bonchev–Trinajstić information content (AvgIpc) is 2.90. The van der Waals surface area contributed by atoms with Gasteiger partial charge in [-0.1, -0.05) is 6.07 Å². The third-order valence-corrected chi connectivity index (χ3v) is 5.78. The molecule has 1 atom stereocenters. The van der Waals surface area contributed by atoms with Crippen molar-refractivity contribution in [1.29, 1.82) is 0 Å². The van der Waals surface area contributed by atoms with E-state index in [0.717, 1.165) is 37.6 Å². The van der Waals surface area contributed by atoms with E-state index in [2.05, 4.69) is 35.5 Å². The first kappa shape index (κ1) is 22.4. The number of anilines is 3. The van der Waals surface area contributed by atoms with Crippen LogP contribution in [0.2, 0.25) is 0 Å². The fourth-order valence-corrected chi connectivity index (χ4v) is 4.14. The summed E-state index contributed by atoms with van der Waals surface area (Å²) in [5.41, 5.74) is 8.83. The highest BCUT2D eigenvalue weighted by atomic mass is 16.1. The van der Waals surface area contributed by atoms with Crippen LogP contribution in [0.15, 0.2) is 73.6 Å². The van der Waals surface area contributed by atoms with E-state index >= 15 is 0 Å². The molecule has 35 heavy (non-hydrogen) atoms. The largest absolute Gasteiger partial charge is 0.369 e. The van der Waals surface area contributed by atoms with Crippen molar-refractivity contribution in [3.05, 3.63) is 84.7 Å². The summed E-state index contributed by atoms with van der Waals surface area (Å²) < 4.78 is 0. The summed E-state index contributed by atoms with van der Waals surface area (Å²) in [7, 11) is 0. The Morgan fingerprint density at radius 3 is 2.54 bits per heavy atom. The maximum absolute atomic E-state index is 12.6. The zero-order chi connectivity index (χ0) is 24.0. The first-order valence-electron chi connectivity index (χ1n) is 11.3. The lowest BCUT2D eigenvalue weighted by atomic mass is 9.91. The van der Waals surface area contributed by atoms with Crippen LogP contribution in [-0.2, 0) is 4.79 Å². The molecule has 1 aliphatic heterocycles. The Morgan fingerprint density at radius 2 is 1.80 bits per heavy atom. The Hall–Kier alpha value is -4.44. The molecule has 4 aromatic heterocycles. The number of pyridine rings is 3. The Morgan fingerprint density at radius 1 is 0.943 bits per heavy atom. The third-order valence-electron chi connectivity index (χ3n) is 5.78. The van der Waals surface area contributed by atoms with Crippen LogP contribution in [0.1, 0.15) is 17.0 Å². The number of rotatable bonds is 7. The van der Waals surface area contributed by atoms with Crippen molar-refractivity contribution in [3.63, 3.8) is 0 Å². The number of piperazine rings is 1. The van der Waals surface area contributed by atoms with Gasteiger partial charge in [0.25, 0.3) is 0 Å². The van der Waals surface area contributed by atoms with Gasteiger partial charge in [0, 0.05) is 62.7 Å². The van der Waals surface area contributed by atoms with Crippen molar-refractivity contribution in [1.82, 2.24) is 30.2 Å². The molecule has 1 amide bonds. The van der Waals surface area contributed by atoms with Crippen LogP contribution < -0.4 is 21.3 Å². The predicted octanol–water partition coefficient (Wildman–Crippen LogP) is 2.10. The Bertz CT molecular complexity index is 1290. The molecule has 0 aliphatic carbocycles. The Balaban J connectivity index is 1.59. The quantitative estimate of drug-likeness (QED) is 0.373. The van der Waals surface area contributed by atoms with E-state index in [1.165, 1.54) is 0 Å². The molecule has 4 aromatic rings. The summed E-state index contributed by atoms with van der Waals surface area (Å²) in [4.78, 5) is 36.8. The lowest BCUT2D eigenvalue weighted by molar-refractivity contribution is -0.118. The summed E-state index contributed by atoms with van der Waals surface area (Å²) >= 11 is 0. The number of amides is 1. The monoisotopic (exact) mass is 467 g/mol. The van der Waals surface area contributed by atoms with Crippen LogP contribution in [0, 0.1) is 0 Å². The second-order valence-electron chi connectivity index (χ2n) is 8.15. The molecule has 5 rings (SSSR count). The lowest BCUT2D eigenvalue weighted by Gasteiger charge is -2.28. The number of aromatic nitrogens is 5. The zero-order valence-corrected chi connectivity index (χ0v) is 19.0. The van der Waals surface area contributed by atoms with Crippen molar-refractivity contribution in [2.75, 3.05) is 36.4 Å². The fraction of sp³-hybridized carbons (Fsp3) is 0.200. The van der Waals surface area contributed by atoms with Gasteiger partial charge < -0.3 is 21.3 Å². The van der Waals surface area contributed by atoms with Gasteiger partial charge in [-0.05, 0) is 41.5 Å². The molecule has 5 heterocycles. The molecule has 1 unspecified atom stereocenters. The van der Waals surface area contributed by atoms with Gasteiger partial charge in [-0.2, -0.15) is 0 Å². The molecule has 0 aromatic carbocycles. The van der Waals surface area contributed by atoms with Crippen LogP contribution in [0.3, 0.4) is 0 Å². The fourth-order valence-electron chi connectivity index (χ4n) is 4.14.